The number of amides is 3. The first-order chi connectivity index (χ1) is 12.4. The van der Waals surface area contributed by atoms with Crippen molar-refractivity contribution in [1.82, 2.24) is 15.1 Å². The molecule has 1 saturated heterocycles. The molecule has 1 aliphatic heterocycles. The minimum Gasteiger partial charge on any atom is -0.354 e. The second-order valence-electron chi connectivity index (χ2n) is 6.77. The molecule has 1 heterocycles. The molecule has 3 N–H and O–H groups in total. The lowest BCUT2D eigenvalue weighted by atomic mass is 10.00. The van der Waals surface area contributed by atoms with Crippen LogP contribution in [0.1, 0.15) is 46.4 Å². The molecule has 2 rings (SSSR count). The van der Waals surface area contributed by atoms with E-state index in [2.05, 4.69) is 5.32 Å². The SMILES string of the molecule is CN(C)C(=O)c1ccc(C(=O)N2CCCCC2CNC(=O)CCN)cc1. The highest BCUT2D eigenvalue weighted by Crippen LogP contribution is 2.20. The fourth-order valence-electron chi connectivity index (χ4n) is 3.11. The monoisotopic (exact) mass is 360 g/mol. The van der Waals surface area contributed by atoms with Crippen molar-refractivity contribution < 1.29 is 14.4 Å². The number of benzene rings is 1. The first kappa shape index (κ1) is 19.9. The zero-order valence-corrected chi connectivity index (χ0v) is 15.5. The third kappa shape index (κ3) is 5.05. The third-order valence-corrected chi connectivity index (χ3v) is 4.58. The lowest BCUT2D eigenvalue weighted by Crippen LogP contribution is -2.49. The van der Waals surface area contributed by atoms with Crippen molar-refractivity contribution in [3.8, 4) is 0 Å². The summed E-state index contributed by atoms with van der Waals surface area (Å²) in [5, 5.41) is 2.86. The first-order valence-corrected chi connectivity index (χ1v) is 9.03. The molecule has 0 bridgehead atoms. The van der Waals surface area contributed by atoms with Gasteiger partial charge in [-0.05, 0) is 43.5 Å². The molecular weight excluding hydrogens is 332 g/mol. The van der Waals surface area contributed by atoms with Gasteiger partial charge < -0.3 is 20.9 Å². The van der Waals surface area contributed by atoms with Crippen LogP contribution in [-0.4, -0.2) is 67.3 Å². The van der Waals surface area contributed by atoms with E-state index in [4.69, 9.17) is 5.73 Å². The van der Waals surface area contributed by atoms with Crippen LogP contribution in [-0.2, 0) is 4.79 Å². The Morgan fingerprint density at radius 2 is 1.81 bits per heavy atom. The molecule has 1 aliphatic rings. The molecule has 1 fully saturated rings. The van der Waals surface area contributed by atoms with E-state index in [0.717, 1.165) is 19.3 Å². The molecular formula is C19H28N4O3. The summed E-state index contributed by atoms with van der Waals surface area (Å²) in [6, 6.07) is 6.73. The fourth-order valence-corrected chi connectivity index (χ4v) is 3.11. The van der Waals surface area contributed by atoms with Gasteiger partial charge in [0, 0.05) is 57.3 Å². The van der Waals surface area contributed by atoms with E-state index in [9.17, 15) is 14.4 Å². The van der Waals surface area contributed by atoms with Crippen molar-refractivity contribution in [1.29, 1.82) is 0 Å². The Bertz CT molecular complexity index is 643. The van der Waals surface area contributed by atoms with Crippen molar-refractivity contribution in [2.24, 2.45) is 5.73 Å². The van der Waals surface area contributed by atoms with Gasteiger partial charge in [-0.3, -0.25) is 14.4 Å². The predicted molar refractivity (Wildman–Crippen MR) is 99.8 cm³/mol. The quantitative estimate of drug-likeness (QED) is 0.786. The zero-order valence-electron chi connectivity index (χ0n) is 15.5. The maximum Gasteiger partial charge on any atom is 0.254 e. The lowest BCUT2D eigenvalue weighted by Gasteiger charge is -2.36. The van der Waals surface area contributed by atoms with Crippen molar-refractivity contribution >= 4 is 17.7 Å². The van der Waals surface area contributed by atoms with Crippen LogP contribution in [0.5, 0.6) is 0 Å². The summed E-state index contributed by atoms with van der Waals surface area (Å²) < 4.78 is 0. The van der Waals surface area contributed by atoms with E-state index in [1.54, 1.807) is 38.4 Å². The highest BCUT2D eigenvalue weighted by molar-refractivity contribution is 5.97. The smallest absolute Gasteiger partial charge is 0.254 e. The number of nitrogens with one attached hydrogen (secondary N) is 1. The summed E-state index contributed by atoms with van der Waals surface area (Å²) in [5.41, 5.74) is 6.50. The Hall–Kier alpha value is -2.41. The number of hydrogen-bond donors (Lipinski definition) is 2. The van der Waals surface area contributed by atoms with Gasteiger partial charge in [-0.25, -0.2) is 0 Å². The van der Waals surface area contributed by atoms with Crippen LogP contribution < -0.4 is 11.1 Å². The van der Waals surface area contributed by atoms with Crippen LogP contribution >= 0.6 is 0 Å². The number of nitrogens with two attached hydrogens (primary N) is 1. The maximum atomic E-state index is 12.9. The number of hydrogen-bond acceptors (Lipinski definition) is 4. The highest BCUT2D eigenvalue weighted by Gasteiger charge is 2.27. The molecule has 0 aliphatic carbocycles. The molecule has 0 radical (unpaired) electrons. The Morgan fingerprint density at radius 1 is 1.15 bits per heavy atom. The average molecular weight is 360 g/mol. The van der Waals surface area contributed by atoms with Gasteiger partial charge in [0.25, 0.3) is 11.8 Å². The third-order valence-electron chi connectivity index (χ3n) is 4.58. The van der Waals surface area contributed by atoms with Crippen LogP contribution in [0, 0.1) is 0 Å². The van der Waals surface area contributed by atoms with Crippen molar-refractivity contribution in [3.63, 3.8) is 0 Å². The summed E-state index contributed by atoms with van der Waals surface area (Å²) in [7, 11) is 3.39. The highest BCUT2D eigenvalue weighted by atomic mass is 16.2. The van der Waals surface area contributed by atoms with E-state index in [0.29, 0.717) is 37.2 Å². The number of piperidine rings is 1. The lowest BCUT2D eigenvalue weighted by molar-refractivity contribution is -0.121. The van der Waals surface area contributed by atoms with Crippen LogP contribution in [0.3, 0.4) is 0 Å². The number of carbonyl (C=O) groups is 3. The minimum absolute atomic E-state index is 0.0129. The Balaban J connectivity index is 2.05. The molecule has 7 nitrogen and oxygen atoms in total. The van der Waals surface area contributed by atoms with Gasteiger partial charge in [0.05, 0.1) is 0 Å². The van der Waals surface area contributed by atoms with Crippen molar-refractivity contribution in [2.45, 2.75) is 31.7 Å². The fraction of sp³-hybridized carbons (Fsp3) is 0.526. The van der Waals surface area contributed by atoms with E-state index in [-0.39, 0.29) is 23.8 Å². The molecule has 0 aromatic heterocycles. The molecule has 0 saturated carbocycles. The van der Waals surface area contributed by atoms with Gasteiger partial charge in [-0.15, -0.1) is 0 Å². The largest absolute Gasteiger partial charge is 0.354 e. The Kier molecular flexibility index (Phi) is 7.15. The van der Waals surface area contributed by atoms with Crippen LogP contribution in [0.2, 0.25) is 0 Å². The molecule has 1 aromatic carbocycles. The second-order valence-corrected chi connectivity index (χ2v) is 6.77. The van der Waals surface area contributed by atoms with Crippen LogP contribution in [0.25, 0.3) is 0 Å². The van der Waals surface area contributed by atoms with Gasteiger partial charge in [-0.2, -0.15) is 0 Å². The zero-order chi connectivity index (χ0) is 19.1. The van der Waals surface area contributed by atoms with E-state index in [1.807, 2.05) is 4.90 Å². The molecule has 1 atom stereocenters. The minimum atomic E-state index is -0.0949. The summed E-state index contributed by atoms with van der Waals surface area (Å²) in [6.45, 7) is 1.44. The standard InChI is InChI=1S/C19H28N4O3/c1-22(2)18(25)14-6-8-15(9-7-14)19(26)23-12-4-3-5-16(23)13-21-17(24)10-11-20/h6-9,16H,3-5,10-13,20H2,1-2H3,(H,21,24). The first-order valence-electron chi connectivity index (χ1n) is 9.03. The van der Waals surface area contributed by atoms with E-state index >= 15 is 0 Å². The number of carbonyl (C=O) groups excluding carboxylic acids is 3. The number of likely N-dealkylation sites (tertiary alicyclic amines) is 1. The summed E-state index contributed by atoms with van der Waals surface area (Å²) in [4.78, 5) is 39.8. The number of rotatable bonds is 6. The molecule has 1 unspecified atom stereocenters. The molecule has 0 spiro atoms. The van der Waals surface area contributed by atoms with Gasteiger partial charge in [0.2, 0.25) is 5.91 Å². The molecule has 3 amide bonds. The summed E-state index contributed by atoms with van der Waals surface area (Å²) in [6.07, 6.45) is 3.15. The number of nitrogens with zero attached hydrogens (tertiary/aromatic N) is 2. The van der Waals surface area contributed by atoms with Crippen molar-refractivity contribution in [2.75, 3.05) is 33.7 Å². The summed E-state index contributed by atoms with van der Waals surface area (Å²) in [5.74, 6) is -0.244. The maximum absolute atomic E-state index is 12.9. The van der Waals surface area contributed by atoms with E-state index in [1.165, 1.54) is 4.90 Å². The van der Waals surface area contributed by atoms with Crippen molar-refractivity contribution in [3.05, 3.63) is 35.4 Å². The average Bonchev–Trinajstić information content (AvgIpc) is 2.65. The van der Waals surface area contributed by atoms with Crippen LogP contribution in [0.15, 0.2) is 24.3 Å². The Labute approximate surface area is 154 Å². The second kappa shape index (κ2) is 9.33. The summed E-state index contributed by atoms with van der Waals surface area (Å²) >= 11 is 0. The molecule has 1 aromatic rings. The Morgan fingerprint density at radius 3 is 2.42 bits per heavy atom. The van der Waals surface area contributed by atoms with Crippen LogP contribution in [0.4, 0.5) is 0 Å². The molecule has 7 heteroatoms. The van der Waals surface area contributed by atoms with Gasteiger partial charge in [0.1, 0.15) is 0 Å². The van der Waals surface area contributed by atoms with Gasteiger partial charge in [-0.1, -0.05) is 0 Å². The topological polar surface area (TPSA) is 95.7 Å². The molecule has 142 valence electrons. The van der Waals surface area contributed by atoms with Gasteiger partial charge >= 0.3 is 0 Å². The predicted octanol–water partition coefficient (Wildman–Crippen LogP) is 0.848. The molecule has 26 heavy (non-hydrogen) atoms. The van der Waals surface area contributed by atoms with Gasteiger partial charge in [0.15, 0.2) is 0 Å². The normalized spacial score (nSPS) is 16.9. The van der Waals surface area contributed by atoms with E-state index < -0.39 is 0 Å².